The van der Waals surface area contributed by atoms with Crippen LogP contribution < -0.4 is 5.63 Å². The van der Waals surface area contributed by atoms with Gasteiger partial charge in [-0.1, -0.05) is 23.7 Å². The summed E-state index contributed by atoms with van der Waals surface area (Å²) < 4.78 is 50.1. The molecule has 0 saturated carbocycles. The van der Waals surface area contributed by atoms with Crippen LogP contribution in [0.25, 0.3) is 45.2 Å². The molecule has 0 saturated heterocycles. The van der Waals surface area contributed by atoms with E-state index in [4.69, 9.17) is 20.4 Å². The standard InChI is InChI=1S/C26H12ClF3N2O3S/c27-18-4-6-23-15(9-18)11-20(25(33)35-23)21-13-36-24(32-21)16(12-31)10-19-5-7-22(34-19)14-2-1-3-17(8-14)26(28,29)30/h1-11,13H. The number of fused-ring (bicyclic) bond motifs is 1. The summed E-state index contributed by atoms with van der Waals surface area (Å²) >= 11 is 7.18. The van der Waals surface area contributed by atoms with E-state index in [9.17, 15) is 23.2 Å². The van der Waals surface area contributed by atoms with Gasteiger partial charge in [0, 0.05) is 27.4 Å². The summed E-state index contributed by atoms with van der Waals surface area (Å²) in [4.78, 5) is 16.9. The number of rotatable bonds is 4. The molecule has 178 valence electrons. The third-order valence-corrected chi connectivity index (χ3v) is 6.32. The minimum Gasteiger partial charge on any atom is -0.457 e. The number of alkyl halides is 3. The van der Waals surface area contributed by atoms with Crippen molar-refractivity contribution >= 4 is 45.6 Å². The van der Waals surface area contributed by atoms with E-state index in [2.05, 4.69) is 4.98 Å². The molecule has 0 aliphatic heterocycles. The minimum absolute atomic E-state index is 0.157. The molecule has 0 aliphatic carbocycles. The normalized spacial score (nSPS) is 12.1. The third kappa shape index (κ3) is 4.69. The first-order valence-electron chi connectivity index (χ1n) is 10.3. The molecular weight excluding hydrogens is 513 g/mol. The molecular formula is C26H12ClF3N2O3S. The van der Waals surface area contributed by atoms with Gasteiger partial charge in [-0.3, -0.25) is 0 Å². The van der Waals surface area contributed by atoms with Crippen LogP contribution in [0.4, 0.5) is 13.2 Å². The van der Waals surface area contributed by atoms with E-state index >= 15 is 0 Å². The van der Waals surface area contributed by atoms with Crippen molar-refractivity contribution in [3.63, 3.8) is 0 Å². The second kappa shape index (κ2) is 9.15. The molecule has 0 amide bonds. The summed E-state index contributed by atoms with van der Waals surface area (Å²) in [5.74, 6) is 0.479. The Bertz CT molecular complexity index is 1740. The fourth-order valence-electron chi connectivity index (χ4n) is 3.51. The van der Waals surface area contributed by atoms with Crippen LogP contribution in [0.15, 0.2) is 79.7 Å². The number of allylic oxidation sites excluding steroid dienone is 1. The Morgan fingerprint density at radius 1 is 1.08 bits per heavy atom. The number of hydrogen-bond donors (Lipinski definition) is 0. The largest absolute Gasteiger partial charge is 0.457 e. The quantitative estimate of drug-likeness (QED) is 0.176. The molecule has 3 aromatic heterocycles. The number of benzene rings is 2. The van der Waals surface area contributed by atoms with Crippen LogP contribution in [-0.4, -0.2) is 4.98 Å². The molecule has 0 unspecified atom stereocenters. The Morgan fingerprint density at radius 3 is 2.69 bits per heavy atom. The van der Waals surface area contributed by atoms with E-state index in [0.717, 1.165) is 23.5 Å². The minimum atomic E-state index is -4.48. The predicted octanol–water partition coefficient (Wildman–Crippen LogP) is 7.91. The van der Waals surface area contributed by atoms with E-state index in [-0.39, 0.29) is 28.2 Å². The van der Waals surface area contributed by atoms with Gasteiger partial charge in [0.05, 0.1) is 22.4 Å². The van der Waals surface area contributed by atoms with Crippen molar-refractivity contribution < 1.29 is 22.0 Å². The Hall–Kier alpha value is -4.13. The van der Waals surface area contributed by atoms with Crippen molar-refractivity contribution in [3.05, 3.63) is 97.8 Å². The maximum absolute atomic E-state index is 13.0. The number of thiazole rings is 1. The lowest BCUT2D eigenvalue weighted by atomic mass is 10.1. The zero-order valence-corrected chi connectivity index (χ0v) is 19.5. The highest BCUT2D eigenvalue weighted by Crippen LogP contribution is 2.33. The summed E-state index contributed by atoms with van der Waals surface area (Å²) in [6.45, 7) is 0. The fraction of sp³-hybridized carbons (Fsp3) is 0.0385. The molecule has 5 aromatic rings. The van der Waals surface area contributed by atoms with Crippen LogP contribution in [0.1, 0.15) is 16.3 Å². The number of nitriles is 1. The second-order valence-electron chi connectivity index (χ2n) is 7.62. The molecule has 10 heteroatoms. The van der Waals surface area contributed by atoms with E-state index in [1.165, 1.54) is 24.3 Å². The summed E-state index contributed by atoms with van der Waals surface area (Å²) in [5.41, 5.74) is -0.0317. The SMILES string of the molecule is N#CC(=Cc1ccc(-c2cccc(C(F)(F)F)c2)o1)c1nc(-c2cc3cc(Cl)ccc3oc2=O)cs1. The zero-order chi connectivity index (χ0) is 25.4. The molecule has 0 spiro atoms. The average molecular weight is 525 g/mol. The van der Waals surface area contributed by atoms with E-state index in [0.29, 0.717) is 26.7 Å². The van der Waals surface area contributed by atoms with Crippen LogP contribution >= 0.6 is 22.9 Å². The Morgan fingerprint density at radius 2 is 1.92 bits per heavy atom. The third-order valence-electron chi connectivity index (χ3n) is 5.21. The first kappa shape index (κ1) is 23.6. The van der Waals surface area contributed by atoms with E-state index in [1.54, 1.807) is 35.7 Å². The monoisotopic (exact) mass is 524 g/mol. The van der Waals surface area contributed by atoms with Crippen LogP contribution in [0.3, 0.4) is 0 Å². The molecule has 3 heterocycles. The lowest BCUT2D eigenvalue weighted by molar-refractivity contribution is -0.137. The number of furan rings is 1. The van der Waals surface area contributed by atoms with Gasteiger partial charge in [0.2, 0.25) is 0 Å². The summed E-state index contributed by atoms with van der Waals surface area (Å²) in [7, 11) is 0. The van der Waals surface area contributed by atoms with Crippen LogP contribution in [-0.2, 0) is 6.18 Å². The Balaban J connectivity index is 1.46. The second-order valence-corrected chi connectivity index (χ2v) is 8.91. The topological polar surface area (TPSA) is 80.0 Å². The van der Waals surface area contributed by atoms with Crippen molar-refractivity contribution in [1.29, 1.82) is 5.26 Å². The van der Waals surface area contributed by atoms with Gasteiger partial charge < -0.3 is 8.83 Å². The van der Waals surface area contributed by atoms with E-state index in [1.807, 2.05) is 6.07 Å². The number of hydrogen-bond acceptors (Lipinski definition) is 6. The van der Waals surface area contributed by atoms with Gasteiger partial charge in [0.25, 0.3) is 0 Å². The number of aromatic nitrogens is 1. The van der Waals surface area contributed by atoms with Gasteiger partial charge >= 0.3 is 11.8 Å². The summed E-state index contributed by atoms with van der Waals surface area (Å²) in [6, 6.07) is 16.4. The first-order chi connectivity index (χ1) is 17.2. The fourth-order valence-corrected chi connectivity index (χ4v) is 4.48. The Kier molecular flexibility index (Phi) is 6.00. The van der Waals surface area contributed by atoms with Gasteiger partial charge in [-0.15, -0.1) is 11.3 Å². The molecule has 36 heavy (non-hydrogen) atoms. The highest BCUT2D eigenvalue weighted by molar-refractivity contribution is 7.11. The van der Waals surface area contributed by atoms with Crippen molar-refractivity contribution in [2.45, 2.75) is 6.18 Å². The van der Waals surface area contributed by atoms with Crippen molar-refractivity contribution in [2.24, 2.45) is 0 Å². The molecule has 0 fully saturated rings. The molecule has 0 bridgehead atoms. The molecule has 0 N–H and O–H groups in total. The molecule has 5 nitrogen and oxygen atoms in total. The van der Waals surface area contributed by atoms with Gasteiger partial charge in [0.15, 0.2) is 0 Å². The van der Waals surface area contributed by atoms with Crippen molar-refractivity contribution in [2.75, 3.05) is 0 Å². The van der Waals surface area contributed by atoms with Gasteiger partial charge in [-0.25, -0.2) is 9.78 Å². The molecule has 2 aromatic carbocycles. The number of nitrogens with zero attached hydrogens (tertiary/aromatic N) is 2. The Labute approximate surface area is 210 Å². The molecule has 5 rings (SSSR count). The highest BCUT2D eigenvalue weighted by atomic mass is 35.5. The average Bonchev–Trinajstić information content (AvgIpc) is 3.52. The first-order valence-corrected chi connectivity index (χ1v) is 11.6. The van der Waals surface area contributed by atoms with Crippen LogP contribution in [0, 0.1) is 11.3 Å². The van der Waals surface area contributed by atoms with Gasteiger partial charge in [-0.2, -0.15) is 18.4 Å². The maximum Gasteiger partial charge on any atom is 0.416 e. The maximum atomic E-state index is 13.0. The predicted molar refractivity (Wildman–Crippen MR) is 131 cm³/mol. The summed E-state index contributed by atoms with van der Waals surface area (Å²) in [5, 5.41) is 12.7. The van der Waals surface area contributed by atoms with Gasteiger partial charge in [0.1, 0.15) is 28.2 Å². The van der Waals surface area contributed by atoms with E-state index < -0.39 is 17.4 Å². The smallest absolute Gasteiger partial charge is 0.416 e. The zero-order valence-electron chi connectivity index (χ0n) is 18.0. The highest BCUT2D eigenvalue weighted by Gasteiger charge is 2.30. The van der Waals surface area contributed by atoms with Crippen LogP contribution in [0.2, 0.25) is 5.02 Å². The van der Waals surface area contributed by atoms with Crippen LogP contribution in [0.5, 0.6) is 0 Å². The van der Waals surface area contributed by atoms with Crippen molar-refractivity contribution in [1.82, 2.24) is 4.98 Å². The lowest BCUT2D eigenvalue weighted by Crippen LogP contribution is -2.04. The molecule has 0 atom stereocenters. The summed E-state index contributed by atoms with van der Waals surface area (Å²) in [6.07, 6.45) is -3.04. The van der Waals surface area contributed by atoms with Gasteiger partial charge in [-0.05, 0) is 48.5 Å². The molecule has 0 aliphatic rings. The number of halogens is 4. The molecule has 0 radical (unpaired) electrons. The van der Waals surface area contributed by atoms with Crippen molar-refractivity contribution in [3.8, 4) is 28.7 Å². The lowest BCUT2D eigenvalue weighted by Gasteiger charge is -2.07.